The summed E-state index contributed by atoms with van der Waals surface area (Å²) in [6, 6.07) is 9.17. The highest BCUT2D eigenvalue weighted by Crippen LogP contribution is 2.23. The van der Waals surface area contributed by atoms with Crippen molar-refractivity contribution in [2.45, 2.75) is 6.42 Å². The summed E-state index contributed by atoms with van der Waals surface area (Å²) in [5, 5.41) is 7.40. The molecule has 0 radical (unpaired) electrons. The van der Waals surface area contributed by atoms with Crippen LogP contribution < -0.4 is 15.8 Å². The quantitative estimate of drug-likeness (QED) is 0.808. The lowest BCUT2D eigenvalue weighted by Crippen LogP contribution is -2.49. The van der Waals surface area contributed by atoms with Gasteiger partial charge in [-0.05, 0) is 19.2 Å². The predicted molar refractivity (Wildman–Crippen MR) is 109 cm³/mol. The second-order valence-electron chi connectivity index (χ2n) is 6.12. The van der Waals surface area contributed by atoms with Crippen LogP contribution in [0.25, 0.3) is 5.69 Å². The van der Waals surface area contributed by atoms with Gasteiger partial charge in [-0.2, -0.15) is 9.78 Å². The van der Waals surface area contributed by atoms with Gasteiger partial charge in [0, 0.05) is 39.1 Å². The van der Waals surface area contributed by atoms with Crippen molar-refractivity contribution >= 4 is 35.6 Å². The smallest absolute Gasteiger partial charge is 0.292 e. The number of hydrogen-bond donors (Lipinski definition) is 1. The fourth-order valence-electron chi connectivity index (χ4n) is 2.98. The molecule has 0 bridgehead atoms. The summed E-state index contributed by atoms with van der Waals surface area (Å²) in [6.07, 6.45) is 2.11. The minimum absolute atomic E-state index is 0. The van der Waals surface area contributed by atoms with E-state index in [2.05, 4.69) is 10.4 Å². The van der Waals surface area contributed by atoms with Crippen molar-refractivity contribution in [1.29, 1.82) is 0 Å². The molecule has 1 aliphatic heterocycles. The Balaban J connectivity index is 0.00000261. The Kier molecular flexibility index (Phi) is 7.65. The maximum absolute atomic E-state index is 12.6. The van der Waals surface area contributed by atoms with E-state index in [1.807, 2.05) is 35.0 Å². The summed E-state index contributed by atoms with van der Waals surface area (Å²) in [5.74, 6) is 0.141. The van der Waals surface area contributed by atoms with Gasteiger partial charge in [-0.1, -0.05) is 29.8 Å². The SMILES string of the molecule is CNCCC(=O)N1CCN(c2cnn(-c3ccccc3)c(=O)c2Cl)CC1.Cl. The minimum Gasteiger partial charge on any atom is -0.365 e. The normalized spacial score (nSPS) is 14.0. The number of para-hydroxylation sites is 1. The maximum Gasteiger partial charge on any atom is 0.292 e. The molecule has 0 atom stereocenters. The minimum atomic E-state index is -0.345. The molecule has 1 N–H and O–H groups in total. The summed E-state index contributed by atoms with van der Waals surface area (Å²) < 4.78 is 1.29. The van der Waals surface area contributed by atoms with Gasteiger partial charge in [-0.3, -0.25) is 9.59 Å². The van der Waals surface area contributed by atoms with Gasteiger partial charge >= 0.3 is 0 Å². The van der Waals surface area contributed by atoms with E-state index in [1.165, 1.54) is 4.68 Å². The molecule has 1 amide bonds. The van der Waals surface area contributed by atoms with E-state index < -0.39 is 0 Å². The first-order valence-electron chi connectivity index (χ1n) is 8.62. The average molecular weight is 412 g/mol. The van der Waals surface area contributed by atoms with Crippen molar-refractivity contribution in [3.05, 3.63) is 51.9 Å². The van der Waals surface area contributed by atoms with E-state index in [1.54, 1.807) is 18.3 Å². The second-order valence-corrected chi connectivity index (χ2v) is 6.50. The number of benzene rings is 1. The summed E-state index contributed by atoms with van der Waals surface area (Å²) in [7, 11) is 1.83. The van der Waals surface area contributed by atoms with Crippen molar-refractivity contribution in [1.82, 2.24) is 20.0 Å². The Bertz CT molecular complexity index is 820. The summed E-state index contributed by atoms with van der Waals surface area (Å²) >= 11 is 6.35. The van der Waals surface area contributed by atoms with Crippen LogP contribution in [-0.2, 0) is 4.79 Å². The van der Waals surface area contributed by atoms with Crippen LogP contribution in [0, 0.1) is 0 Å². The fourth-order valence-corrected chi connectivity index (χ4v) is 3.23. The van der Waals surface area contributed by atoms with Crippen LogP contribution >= 0.6 is 24.0 Å². The molecule has 146 valence electrons. The van der Waals surface area contributed by atoms with Gasteiger partial charge in [0.1, 0.15) is 5.02 Å². The topological polar surface area (TPSA) is 70.5 Å². The first-order chi connectivity index (χ1) is 12.6. The van der Waals surface area contributed by atoms with Crippen LogP contribution in [0.1, 0.15) is 6.42 Å². The van der Waals surface area contributed by atoms with Crippen LogP contribution in [0.2, 0.25) is 5.02 Å². The molecule has 1 fully saturated rings. The molecule has 0 aliphatic carbocycles. The molecular formula is C18H23Cl2N5O2. The van der Waals surface area contributed by atoms with E-state index in [0.717, 1.165) is 0 Å². The van der Waals surface area contributed by atoms with Gasteiger partial charge in [-0.15, -0.1) is 12.4 Å². The van der Waals surface area contributed by atoms with Gasteiger partial charge in [0.25, 0.3) is 5.56 Å². The average Bonchev–Trinajstić information content (AvgIpc) is 2.69. The number of rotatable bonds is 5. The lowest BCUT2D eigenvalue weighted by Gasteiger charge is -2.36. The molecule has 7 nitrogen and oxygen atoms in total. The van der Waals surface area contributed by atoms with Gasteiger partial charge < -0.3 is 15.1 Å². The van der Waals surface area contributed by atoms with Crippen molar-refractivity contribution in [2.24, 2.45) is 0 Å². The number of nitrogens with one attached hydrogen (secondary N) is 1. The van der Waals surface area contributed by atoms with Crippen molar-refractivity contribution in [3.8, 4) is 5.69 Å². The highest BCUT2D eigenvalue weighted by atomic mass is 35.5. The molecular weight excluding hydrogens is 389 g/mol. The summed E-state index contributed by atoms with van der Waals surface area (Å²) in [6.45, 7) is 3.15. The van der Waals surface area contributed by atoms with Gasteiger partial charge in [-0.25, -0.2) is 0 Å². The van der Waals surface area contributed by atoms with Crippen LogP contribution in [0.4, 0.5) is 5.69 Å². The monoisotopic (exact) mass is 411 g/mol. The number of carbonyl (C=O) groups excluding carboxylic acids is 1. The molecule has 2 aromatic rings. The molecule has 3 rings (SSSR count). The van der Waals surface area contributed by atoms with E-state index in [0.29, 0.717) is 50.5 Å². The number of halogens is 2. The third-order valence-corrected chi connectivity index (χ3v) is 4.82. The number of amides is 1. The van der Waals surface area contributed by atoms with Gasteiger partial charge in [0.2, 0.25) is 5.91 Å². The number of aromatic nitrogens is 2. The molecule has 1 aliphatic rings. The summed E-state index contributed by atoms with van der Waals surface area (Å²) in [5.41, 5.74) is 0.944. The van der Waals surface area contributed by atoms with Crippen LogP contribution in [0.5, 0.6) is 0 Å². The van der Waals surface area contributed by atoms with E-state index >= 15 is 0 Å². The van der Waals surface area contributed by atoms with Crippen LogP contribution in [0.15, 0.2) is 41.3 Å². The summed E-state index contributed by atoms with van der Waals surface area (Å²) in [4.78, 5) is 28.5. The first-order valence-corrected chi connectivity index (χ1v) is 9.00. The van der Waals surface area contributed by atoms with Crippen LogP contribution in [0.3, 0.4) is 0 Å². The van der Waals surface area contributed by atoms with Crippen LogP contribution in [-0.4, -0.2) is 60.4 Å². The molecule has 1 aromatic carbocycles. The second kappa shape index (κ2) is 9.73. The third kappa shape index (κ3) is 4.80. The zero-order chi connectivity index (χ0) is 18.5. The number of nitrogens with zero attached hydrogens (tertiary/aromatic N) is 4. The lowest BCUT2D eigenvalue weighted by atomic mass is 10.2. The van der Waals surface area contributed by atoms with Gasteiger partial charge in [0.15, 0.2) is 0 Å². The molecule has 1 saturated heterocycles. The van der Waals surface area contributed by atoms with Gasteiger partial charge in [0.05, 0.1) is 17.6 Å². The molecule has 9 heteroatoms. The van der Waals surface area contributed by atoms with Crippen molar-refractivity contribution < 1.29 is 4.79 Å². The molecule has 27 heavy (non-hydrogen) atoms. The Hall–Kier alpha value is -2.09. The lowest BCUT2D eigenvalue weighted by molar-refractivity contribution is -0.131. The first kappa shape index (κ1) is 21.2. The standard InChI is InChI=1S/C18H22ClN5O2.ClH/c1-20-8-7-16(25)23-11-9-22(10-12-23)15-13-21-24(18(26)17(15)19)14-5-3-2-4-6-14;/h2-6,13,20H,7-12H2,1H3;1H. The number of anilines is 1. The fraction of sp³-hybridized carbons (Fsp3) is 0.389. The Morgan fingerprint density at radius 3 is 2.48 bits per heavy atom. The molecule has 0 spiro atoms. The highest BCUT2D eigenvalue weighted by Gasteiger charge is 2.23. The Labute approximate surface area is 169 Å². The number of piperazine rings is 1. The Morgan fingerprint density at radius 2 is 1.85 bits per heavy atom. The van der Waals surface area contributed by atoms with E-state index in [9.17, 15) is 9.59 Å². The molecule has 1 aromatic heterocycles. The third-order valence-electron chi connectivity index (χ3n) is 4.46. The highest BCUT2D eigenvalue weighted by molar-refractivity contribution is 6.33. The number of hydrogen-bond acceptors (Lipinski definition) is 5. The van der Waals surface area contributed by atoms with E-state index in [4.69, 9.17) is 11.6 Å². The largest absolute Gasteiger partial charge is 0.365 e. The maximum atomic E-state index is 12.6. The number of carbonyl (C=O) groups is 1. The molecule has 0 saturated carbocycles. The van der Waals surface area contributed by atoms with E-state index in [-0.39, 0.29) is 28.9 Å². The van der Waals surface area contributed by atoms with Crippen molar-refractivity contribution in [2.75, 3.05) is 44.7 Å². The molecule has 2 heterocycles. The van der Waals surface area contributed by atoms with Crippen molar-refractivity contribution in [3.63, 3.8) is 0 Å². The Morgan fingerprint density at radius 1 is 1.19 bits per heavy atom. The molecule has 0 unspecified atom stereocenters. The zero-order valence-corrected chi connectivity index (χ0v) is 16.7. The predicted octanol–water partition coefficient (Wildman–Crippen LogP) is 1.57. The zero-order valence-electron chi connectivity index (χ0n) is 15.1.